The quantitative estimate of drug-likeness (QED) is 0.787. The lowest BCUT2D eigenvalue weighted by atomic mass is 10.2. The van der Waals surface area contributed by atoms with E-state index in [0.717, 1.165) is 0 Å². The van der Waals surface area contributed by atoms with Gasteiger partial charge in [0.2, 0.25) is 10.0 Å². The van der Waals surface area contributed by atoms with Gasteiger partial charge in [0.05, 0.1) is 4.90 Å². The number of carbonyl (C=O) groups is 2. The zero-order chi connectivity index (χ0) is 13.8. The van der Waals surface area contributed by atoms with Crippen LogP contribution in [-0.4, -0.2) is 26.7 Å². The molecule has 0 bridgehead atoms. The van der Waals surface area contributed by atoms with Gasteiger partial charge in [-0.3, -0.25) is 9.59 Å². The fraction of sp³-hybridized carbons (Fsp3) is 0.273. The molecule has 7 heteroatoms. The van der Waals surface area contributed by atoms with Crippen LogP contribution in [0.25, 0.3) is 0 Å². The van der Waals surface area contributed by atoms with E-state index in [4.69, 9.17) is 5.14 Å². The van der Waals surface area contributed by atoms with Crippen molar-refractivity contribution in [3.63, 3.8) is 0 Å². The molecule has 1 aromatic carbocycles. The van der Waals surface area contributed by atoms with Gasteiger partial charge in [-0.15, -0.1) is 0 Å². The lowest BCUT2D eigenvalue weighted by molar-refractivity contribution is -0.116. The molecule has 3 N–H and O–H groups in total. The summed E-state index contributed by atoms with van der Waals surface area (Å²) in [4.78, 5) is 22.2. The van der Waals surface area contributed by atoms with E-state index in [-0.39, 0.29) is 29.6 Å². The standard InChI is InChI=1S/C11H14N2O4S/c1-8(14)6-7-13-11(15)9-2-4-10(5-3-9)18(12,16)17/h2-5H,6-7H2,1H3,(H,13,15)(H2,12,16,17). The average Bonchev–Trinajstić information content (AvgIpc) is 2.27. The molecule has 6 nitrogen and oxygen atoms in total. The lowest BCUT2D eigenvalue weighted by Crippen LogP contribution is -2.25. The van der Waals surface area contributed by atoms with Crippen molar-refractivity contribution in [2.24, 2.45) is 5.14 Å². The predicted molar refractivity (Wildman–Crippen MR) is 65.4 cm³/mol. The summed E-state index contributed by atoms with van der Waals surface area (Å²) in [6.45, 7) is 1.69. The second kappa shape index (κ2) is 5.74. The first-order valence-corrected chi connectivity index (χ1v) is 6.76. The molecule has 1 rings (SSSR count). The summed E-state index contributed by atoms with van der Waals surface area (Å²) < 4.78 is 22.0. The number of nitrogens with two attached hydrogens (primary N) is 1. The molecule has 0 aliphatic carbocycles. The summed E-state index contributed by atoms with van der Waals surface area (Å²) in [7, 11) is -3.75. The number of sulfonamides is 1. The Morgan fingerprint density at radius 3 is 2.22 bits per heavy atom. The van der Waals surface area contributed by atoms with Gasteiger partial charge in [-0.05, 0) is 31.2 Å². The lowest BCUT2D eigenvalue weighted by Gasteiger charge is -2.04. The number of hydrogen-bond acceptors (Lipinski definition) is 4. The van der Waals surface area contributed by atoms with Gasteiger partial charge in [0.1, 0.15) is 5.78 Å². The van der Waals surface area contributed by atoms with Crippen LogP contribution in [0, 0.1) is 0 Å². The molecule has 0 atom stereocenters. The van der Waals surface area contributed by atoms with E-state index in [2.05, 4.69) is 5.32 Å². The van der Waals surface area contributed by atoms with Crippen molar-refractivity contribution in [2.45, 2.75) is 18.2 Å². The van der Waals surface area contributed by atoms with Crippen molar-refractivity contribution in [2.75, 3.05) is 6.54 Å². The normalized spacial score (nSPS) is 11.0. The number of rotatable bonds is 5. The molecule has 0 saturated heterocycles. The van der Waals surface area contributed by atoms with Crippen LogP contribution in [0.15, 0.2) is 29.2 Å². The minimum Gasteiger partial charge on any atom is -0.352 e. The third-order valence-corrected chi connectivity index (χ3v) is 3.14. The zero-order valence-corrected chi connectivity index (χ0v) is 10.7. The van der Waals surface area contributed by atoms with Crippen LogP contribution in [0.5, 0.6) is 0 Å². The first kappa shape index (κ1) is 14.3. The molecular weight excluding hydrogens is 256 g/mol. The maximum absolute atomic E-state index is 11.6. The SMILES string of the molecule is CC(=O)CCNC(=O)c1ccc(S(N)(=O)=O)cc1. The van der Waals surface area contributed by atoms with Crippen LogP contribution in [0.4, 0.5) is 0 Å². The molecular formula is C11H14N2O4S. The molecule has 0 spiro atoms. The van der Waals surface area contributed by atoms with Gasteiger partial charge in [0.25, 0.3) is 5.91 Å². The van der Waals surface area contributed by atoms with Crippen LogP contribution in [0.1, 0.15) is 23.7 Å². The summed E-state index contributed by atoms with van der Waals surface area (Å²) in [6.07, 6.45) is 0.265. The molecule has 0 fully saturated rings. The summed E-state index contributed by atoms with van der Waals surface area (Å²) in [5.41, 5.74) is 0.311. The largest absolute Gasteiger partial charge is 0.352 e. The molecule has 1 aromatic rings. The highest BCUT2D eigenvalue weighted by atomic mass is 32.2. The Hall–Kier alpha value is -1.73. The molecule has 0 aliphatic rings. The van der Waals surface area contributed by atoms with Gasteiger partial charge in [-0.2, -0.15) is 0 Å². The summed E-state index contributed by atoms with van der Waals surface area (Å²) in [5, 5.41) is 7.48. The number of amides is 1. The second-order valence-corrected chi connectivity index (χ2v) is 5.34. The molecule has 0 heterocycles. The Balaban J connectivity index is 2.68. The highest BCUT2D eigenvalue weighted by Crippen LogP contribution is 2.08. The van der Waals surface area contributed by atoms with E-state index in [1.807, 2.05) is 0 Å². The first-order chi connectivity index (χ1) is 8.30. The minimum absolute atomic E-state index is 0.0140. The number of carbonyl (C=O) groups excluding carboxylic acids is 2. The van der Waals surface area contributed by atoms with Crippen LogP contribution in [-0.2, 0) is 14.8 Å². The van der Waals surface area contributed by atoms with Crippen molar-refractivity contribution < 1.29 is 18.0 Å². The average molecular weight is 270 g/mol. The second-order valence-electron chi connectivity index (χ2n) is 3.78. The van der Waals surface area contributed by atoms with Crippen molar-refractivity contribution in [3.8, 4) is 0 Å². The topological polar surface area (TPSA) is 106 Å². The highest BCUT2D eigenvalue weighted by molar-refractivity contribution is 7.89. The van der Waals surface area contributed by atoms with Gasteiger partial charge < -0.3 is 5.32 Å². The Morgan fingerprint density at radius 1 is 1.22 bits per heavy atom. The van der Waals surface area contributed by atoms with Crippen LogP contribution in [0.2, 0.25) is 0 Å². The number of primary sulfonamides is 1. The maximum atomic E-state index is 11.6. The third-order valence-electron chi connectivity index (χ3n) is 2.21. The van der Waals surface area contributed by atoms with E-state index in [0.29, 0.717) is 5.56 Å². The van der Waals surface area contributed by atoms with Crippen molar-refractivity contribution in [3.05, 3.63) is 29.8 Å². The predicted octanol–water partition coefficient (Wildman–Crippen LogP) is 0.0429. The molecule has 0 saturated carbocycles. The molecule has 0 unspecified atom stereocenters. The van der Waals surface area contributed by atoms with Crippen molar-refractivity contribution in [1.82, 2.24) is 5.32 Å². The third kappa shape index (κ3) is 4.27. The van der Waals surface area contributed by atoms with E-state index in [9.17, 15) is 18.0 Å². The molecule has 1 amide bonds. The summed E-state index contributed by atoms with van der Waals surface area (Å²) in [5.74, 6) is -0.378. The molecule has 98 valence electrons. The number of hydrogen-bond donors (Lipinski definition) is 2. The number of ketones is 1. The van der Waals surface area contributed by atoms with Gasteiger partial charge in [-0.25, -0.2) is 13.6 Å². The minimum atomic E-state index is -3.75. The van der Waals surface area contributed by atoms with Gasteiger partial charge in [-0.1, -0.05) is 0 Å². The van der Waals surface area contributed by atoms with Crippen LogP contribution in [0.3, 0.4) is 0 Å². The first-order valence-electron chi connectivity index (χ1n) is 5.21. The molecule has 0 aromatic heterocycles. The van der Waals surface area contributed by atoms with Gasteiger partial charge in [0.15, 0.2) is 0 Å². The summed E-state index contributed by atoms with van der Waals surface area (Å²) >= 11 is 0. The Labute approximate surface area is 105 Å². The number of benzene rings is 1. The zero-order valence-electron chi connectivity index (χ0n) is 9.84. The monoisotopic (exact) mass is 270 g/mol. The molecule has 0 aliphatic heterocycles. The van der Waals surface area contributed by atoms with Crippen molar-refractivity contribution >= 4 is 21.7 Å². The van der Waals surface area contributed by atoms with Crippen LogP contribution >= 0.6 is 0 Å². The van der Waals surface area contributed by atoms with E-state index >= 15 is 0 Å². The Morgan fingerprint density at radius 2 is 1.78 bits per heavy atom. The van der Waals surface area contributed by atoms with Gasteiger partial charge in [0, 0.05) is 18.5 Å². The Kier molecular flexibility index (Phi) is 4.57. The smallest absolute Gasteiger partial charge is 0.251 e. The Bertz CT molecular complexity index is 549. The van der Waals surface area contributed by atoms with E-state index in [1.54, 1.807) is 0 Å². The van der Waals surface area contributed by atoms with E-state index in [1.165, 1.54) is 31.2 Å². The van der Waals surface area contributed by atoms with Crippen LogP contribution < -0.4 is 10.5 Å². The number of nitrogens with one attached hydrogen (secondary N) is 1. The highest BCUT2D eigenvalue weighted by Gasteiger charge is 2.09. The van der Waals surface area contributed by atoms with Gasteiger partial charge >= 0.3 is 0 Å². The fourth-order valence-electron chi connectivity index (χ4n) is 1.25. The maximum Gasteiger partial charge on any atom is 0.251 e. The summed E-state index contributed by atoms with van der Waals surface area (Å²) in [6, 6.07) is 5.25. The molecule has 18 heavy (non-hydrogen) atoms. The van der Waals surface area contributed by atoms with E-state index < -0.39 is 10.0 Å². The molecule has 0 radical (unpaired) electrons. The fourth-order valence-corrected chi connectivity index (χ4v) is 1.77. The number of Topliss-reactive ketones (excluding diaryl/α,β-unsaturated/α-hetero) is 1. The van der Waals surface area contributed by atoms with Crippen molar-refractivity contribution in [1.29, 1.82) is 0 Å².